The molecule has 0 aromatic heterocycles. The average molecular weight is 294 g/mol. The van der Waals surface area contributed by atoms with Crippen LogP contribution in [0.3, 0.4) is 0 Å². The van der Waals surface area contributed by atoms with Gasteiger partial charge in [0, 0.05) is 10.9 Å². The van der Waals surface area contributed by atoms with Crippen molar-refractivity contribution in [2.75, 3.05) is 0 Å². The Morgan fingerprint density at radius 1 is 1.38 bits per heavy atom. The van der Waals surface area contributed by atoms with Gasteiger partial charge >= 0.3 is 6.36 Å². The summed E-state index contributed by atoms with van der Waals surface area (Å²) in [6, 6.07) is 5.93. The van der Waals surface area contributed by atoms with E-state index in [1.54, 1.807) is 0 Å². The molecular formula is C10H7BrF3NO. The summed E-state index contributed by atoms with van der Waals surface area (Å²) < 4.78 is 39.9. The molecule has 0 heterocycles. The van der Waals surface area contributed by atoms with Crippen LogP contribution >= 0.6 is 15.9 Å². The van der Waals surface area contributed by atoms with Crippen molar-refractivity contribution in [3.05, 3.63) is 28.2 Å². The van der Waals surface area contributed by atoms with E-state index < -0.39 is 6.36 Å². The first-order chi connectivity index (χ1) is 7.42. The minimum atomic E-state index is -4.69. The van der Waals surface area contributed by atoms with Crippen LogP contribution in [0, 0.1) is 11.3 Å². The van der Waals surface area contributed by atoms with E-state index in [9.17, 15) is 13.2 Å². The van der Waals surface area contributed by atoms with Crippen LogP contribution in [0.15, 0.2) is 22.7 Å². The molecule has 0 spiro atoms. The molecule has 0 unspecified atom stereocenters. The van der Waals surface area contributed by atoms with Crippen molar-refractivity contribution < 1.29 is 17.9 Å². The highest BCUT2D eigenvalue weighted by atomic mass is 79.9. The Morgan fingerprint density at radius 2 is 2.06 bits per heavy atom. The number of hydrogen-bond donors (Lipinski definition) is 0. The van der Waals surface area contributed by atoms with Crippen molar-refractivity contribution in [1.82, 2.24) is 0 Å². The van der Waals surface area contributed by atoms with Gasteiger partial charge in [0.25, 0.3) is 0 Å². The first kappa shape index (κ1) is 12.8. The predicted molar refractivity (Wildman–Crippen MR) is 54.8 cm³/mol. The van der Waals surface area contributed by atoms with Gasteiger partial charge in [0.2, 0.25) is 0 Å². The minimum absolute atomic E-state index is 0.278. The van der Waals surface area contributed by atoms with Crippen molar-refractivity contribution in [1.29, 1.82) is 5.26 Å². The summed E-state index contributed by atoms with van der Waals surface area (Å²) in [7, 11) is 0. The summed E-state index contributed by atoms with van der Waals surface area (Å²) in [5, 5.41) is 8.39. The highest BCUT2D eigenvalue weighted by Gasteiger charge is 2.31. The van der Waals surface area contributed by atoms with Gasteiger partial charge in [0.1, 0.15) is 5.75 Å². The van der Waals surface area contributed by atoms with E-state index in [1.165, 1.54) is 18.2 Å². The van der Waals surface area contributed by atoms with E-state index in [1.807, 2.05) is 6.07 Å². The molecular weight excluding hydrogens is 287 g/mol. The van der Waals surface area contributed by atoms with Gasteiger partial charge in [-0.1, -0.05) is 22.0 Å². The number of benzene rings is 1. The largest absolute Gasteiger partial charge is 0.573 e. The van der Waals surface area contributed by atoms with Crippen LogP contribution in [-0.2, 0) is 6.42 Å². The zero-order valence-electron chi connectivity index (χ0n) is 8.01. The lowest BCUT2D eigenvalue weighted by molar-refractivity contribution is -0.274. The van der Waals surface area contributed by atoms with Crippen molar-refractivity contribution in [2.24, 2.45) is 0 Å². The molecule has 16 heavy (non-hydrogen) atoms. The minimum Gasteiger partial charge on any atom is -0.406 e. The zero-order chi connectivity index (χ0) is 12.2. The van der Waals surface area contributed by atoms with E-state index in [2.05, 4.69) is 20.7 Å². The maximum absolute atomic E-state index is 11.9. The third-order valence-electron chi connectivity index (χ3n) is 1.76. The van der Waals surface area contributed by atoms with Crippen LogP contribution in [0.2, 0.25) is 0 Å². The fourth-order valence-electron chi connectivity index (χ4n) is 1.12. The van der Waals surface area contributed by atoms with Crippen LogP contribution in [0.25, 0.3) is 0 Å². The van der Waals surface area contributed by atoms with Crippen LogP contribution in [-0.4, -0.2) is 6.36 Å². The molecule has 0 N–H and O–H groups in total. The van der Waals surface area contributed by atoms with Gasteiger partial charge in [-0.05, 0) is 24.1 Å². The third kappa shape index (κ3) is 4.11. The number of aryl methyl sites for hydroxylation is 1. The first-order valence-corrected chi connectivity index (χ1v) is 5.13. The second-order valence-electron chi connectivity index (χ2n) is 2.96. The van der Waals surface area contributed by atoms with Gasteiger partial charge in [-0.2, -0.15) is 5.26 Å². The molecule has 0 fully saturated rings. The Labute approximate surface area is 98.8 Å². The van der Waals surface area contributed by atoms with E-state index in [-0.39, 0.29) is 5.75 Å². The summed E-state index contributed by atoms with van der Waals surface area (Å²) in [6.45, 7) is 0. The summed E-state index contributed by atoms with van der Waals surface area (Å²) in [6.07, 6.45) is -3.88. The Bertz CT molecular complexity index is 412. The molecule has 0 radical (unpaired) electrons. The second-order valence-corrected chi connectivity index (χ2v) is 3.81. The van der Waals surface area contributed by atoms with Gasteiger partial charge in [0.05, 0.1) is 6.07 Å². The molecule has 0 saturated carbocycles. The van der Waals surface area contributed by atoms with Crippen LogP contribution in [0.4, 0.5) is 13.2 Å². The molecule has 0 bridgehead atoms. The molecule has 0 saturated heterocycles. The van der Waals surface area contributed by atoms with Gasteiger partial charge in [-0.25, -0.2) is 0 Å². The Hall–Kier alpha value is -1.22. The van der Waals surface area contributed by atoms with Crippen molar-refractivity contribution in [2.45, 2.75) is 19.2 Å². The summed E-state index contributed by atoms with van der Waals surface area (Å²) in [4.78, 5) is 0. The number of ether oxygens (including phenoxy) is 1. The zero-order valence-corrected chi connectivity index (χ0v) is 9.60. The maximum Gasteiger partial charge on any atom is 0.573 e. The Morgan fingerprint density at radius 3 is 2.56 bits per heavy atom. The standard InChI is InChI=1S/C10H7BrF3NO/c11-9-6-8(16-10(12,13)14)4-3-7(9)2-1-5-15/h3-4,6H,1-2H2. The van der Waals surface area contributed by atoms with Crippen LogP contribution in [0.5, 0.6) is 5.75 Å². The molecule has 1 aromatic rings. The molecule has 6 heteroatoms. The first-order valence-electron chi connectivity index (χ1n) is 4.33. The molecule has 86 valence electrons. The van der Waals surface area contributed by atoms with Gasteiger partial charge in [0.15, 0.2) is 0 Å². The molecule has 0 aliphatic rings. The van der Waals surface area contributed by atoms with Gasteiger partial charge < -0.3 is 4.74 Å². The molecule has 0 aliphatic heterocycles. The number of hydrogen-bond acceptors (Lipinski definition) is 2. The molecule has 0 amide bonds. The summed E-state index contributed by atoms with van der Waals surface area (Å²) in [5.74, 6) is -0.278. The summed E-state index contributed by atoms with van der Waals surface area (Å²) in [5.41, 5.74) is 0.774. The summed E-state index contributed by atoms with van der Waals surface area (Å²) >= 11 is 3.13. The van der Waals surface area contributed by atoms with Gasteiger partial charge in [-0.15, -0.1) is 13.2 Å². The lowest BCUT2D eigenvalue weighted by Crippen LogP contribution is -2.17. The lowest BCUT2D eigenvalue weighted by atomic mass is 10.1. The quantitative estimate of drug-likeness (QED) is 0.849. The normalized spacial score (nSPS) is 10.9. The monoisotopic (exact) mass is 293 g/mol. The molecule has 2 nitrogen and oxygen atoms in total. The fraction of sp³-hybridized carbons (Fsp3) is 0.300. The van der Waals surface area contributed by atoms with E-state index in [0.717, 1.165) is 5.56 Å². The van der Waals surface area contributed by atoms with Gasteiger partial charge in [-0.3, -0.25) is 0 Å². The number of rotatable bonds is 3. The lowest BCUT2D eigenvalue weighted by Gasteiger charge is -2.10. The highest BCUT2D eigenvalue weighted by Crippen LogP contribution is 2.28. The fourth-order valence-corrected chi connectivity index (χ4v) is 1.67. The Kier molecular flexibility index (Phi) is 4.19. The van der Waals surface area contributed by atoms with Crippen molar-refractivity contribution >= 4 is 15.9 Å². The Balaban J connectivity index is 2.79. The molecule has 1 aromatic carbocycles. The highest BCUT2D eigenvalue weighted by molar-refractivity contribution is 9.10. The molecule has 0 atom stereocenters. The molecule has 1 rings (SSSR count). The van der Waals surface area contributed by atoms with Crippen LogP contribution < -0.4 is 4.74 Å². The second kappa shape index (κ2) is 5.21. The smallest absolute Gasteiger partial charge is 0.406 e. The number of alkyl halides is 3. The number of halogens is 4. The SMILES string of the molecule is N#CCCc1ccc(OC(F)(F)F)cc1Br. The molecule has 0 aliphatic carbocycles. The number of nitrogens with zero attached hydrogens (tertiary/aromatic N) is 1. The van der Waals surface area contributed by atoms with E-state index in [4.69, 9.17) is 5.26 Å². The van der Waals surface area contributed by atoms with Crippen molar-refractivity contribution in [3.8, 4) is 11.8 Å². The van der Waals surface area contributed by atoms with E-state index >= 15 is 0 Å². The van der Waals surface area contributed by atoms with E-state index in [0.29, 0.717) is 17.3 Å². The number of nitriles is 1. The predicted octanol–water partition coefficient (Wildman–Crippen LogP) is 3.80. The topological polar surface area (TPSA) is 33.0 Å². The third-order valence-corrected chi connectivity index (χ3v) is 2.50. The van der Waals surface area contributed by atoms with Crippen LogP contribution in [0.1, 0.15) is 12.0 Å². The average Bonchev–Trinajstić information content (AvgIpc) is 2.14. The maximum atomic E-state index is 11.9. The van der Waals surface area contributed by atoms with Crippen molar-refractivity contribution in [3.63, 3.8) is 0 Å².